The lowest BCUT2D eigenvalue weighted by Gasteiger charge is -2.31. The molecule has 1 aliphatic carbocycles. The number of fused-ring (bicyclic) bond motifs is 1. The van der Waals surface area contributed by atoms with Gasteiger partial charge < -0.3 is 5.32 Å². The predicted octanol–water partition coefficient (Wildman–Crippen LogP) is 4.04. The average Bonchev–Trinajstić information content (AvgIpc) is 2.62. The van der Waals surface area contributed by atoms with Crippen LogP contribution in [0.3, 0.4) is 0 Å². The second kappa shape index (κ2) is 7.70. The number of urea groups is 2. The number of carbonyl (C=O) groups excluding carboxylic acids is 2. The molecule has 0 radical (unpaired) electrons. The van der Waals surface area contributed by atoms with E-state index in [4.69, 9.17) is 0 Å². The summed E-state index contributed by atoms with van der Waals surface area (Å²) in [5.74, 6) is 0.151. The Hall–Kier alpha value is -3.02. The molecule has 128 valence electrons. The van der Waals surface area contributed by atoms with Gasteiger partial charge in [-0.15, -0.1) is 0 Å². The zero-order chi connectivity index (χ0) is 17.6. The monoisotopic (exact) mass is 336 g/mol. The van der Waals surface area contributed by atoms with Crippen molar-refractivity contribution in [3.8, 4) is 0 Å². The highest BCUT2D eigenvalue weighted by atomic mass is 16.2. The minimum Gasteiger partial charge on any atom is -0.306 e. The van der Waals surface area contributed by atoms with Crippen molar-refractivity contribution in [3.05, 3.63) is 54.6 Å². The highest BCUT2D eigenvalue weighted by Crippen LogP contribution is 2.22. The van der Waals surface area contributed by atoms with Crippen molar-refractivity contribution in [1.29, 1.82) is 0 Å². The molecule has 6 heteroatoms. The number of benzene rings is 1. The van der Waals surface area contributed by atoms with Crippen LogP contribution in [0.5, 0.6) is 0 Å². The average molecular weight is 336 g/mol. The minimum absolute atomic E-state index is 0.277. The maximum Gasteiger partial charge on any atom is 0.349 e. The first kappa shape index (κ1) is 16.8. The van der Waals surface area contributed by atoms with Crippen LogP contribution in [0, 0.1) is 5.92 Å². The van der Waals surface area contributed by atoms with E-state index < -0.39 is 6.03 Å². The number of hydrogen-bond donors (Lipinski definition) is 1. The maximum atomic E-state index is 12.4. The quantitative estimate of drug-likeness (QED) is 0.901. The number of hydrogen-bond acceptors (Lipinski definition) is 2. The van der Waals surface area contributed by atoms with Gasteiger partial charge >= 0.3 is 12.1 Å². The topological polar surface area (TPSA) is 74.1 Å². The Bertz CT molecular complexity index is 778. The van der Waals surface area contributed by atoms with Crippen molar-refractivity contribution >= 4 is 29.3 Å². The fraction of sp³-hybridized carbons (Fsp3) is 0.263. The van der Waals surface area contributed by atoms with Crippen LogP contribution in [0.15, 0.2) is 64.6 Å². The molecule has 1 atom stereocenters. The van der Waals surface area contributed by atoms with Gasteiger partial charge in [0.1, 0.15) is 5.84 Å². The molecule has 0 saturated heterocycles. The smallest absolute Gasteiger partial charge is 0.306 e. The normalized spacial score (nSPS) is 20.4. The number of unbranched alkanes of at least 4 members (excludes halogenated alkanes) is 1. The first-order valence-electron chi connectivity index (χ1n) is 8.38. The molecule has 1 unspecified atom stereocenters. The van der Waals surface area contributed by atoms with Crippen LogP contribution in [0.1, 0.15) is 19.8 Å². The van der Waals surface area contributed by atoms with Crippen LogP contribution in [0.2, 0.25) is 0 Å². The molecular weight excluding hydrogens is 316 g/mol. The van der Waals surface area contributed by atoms with Gasteiger partial charge in [0.15, 0.2) is 0 Å². The van der Waals surface area contributed by atoms with E-state index >= 15 is 0 Å². The second-order valence-corrected chi connectivity index (χ2v) is 5.81. The molecule has 3 rings (SSSR count). The van der Waals surface area contributed by atoms with Crippen molar-refractivity contribution < 1.29 is 9.59 Å². The highest BCUT2D eigenvalue weighted by Gasteiger charge is 2.34. The largest absolute Gasteiger partial charge is 0.349 e. The van der Waals surface area contributed by atoms with E-state index in [1.54, 1.807) is 18.2 Å². The summed E-state index contributed by atoms with van der Waals surface area (Å²) < 4.78 is 0. The molecule has 1 N–H and O–H groups in total. The van der Waals surface area contributed by atoms with Gasteiger partial charge in [0.05, 0.1) is 11.6 Å². The van der Waals surface area contributed by atoms with Crippen LogP contribution in [0.25, 0.3) is 0 Å². The molecule has 1 heterocycles. The Morgan fingerprint density at radius 2 is 2.08 bits per heavy atom. The zero-order valence-electron chi connectivity index (χ0n) is 14.1. The molecule has 0 spiro atoms. The molecule has 1 aliphatic heterocycles. The molecular formula is C19H20N4O2. The first-order valence-corrected chi connectivity index (χ1v) is 8.38. The van der Waals surface area contributed by atoms with Crippen molar-refractivity contribution in [1.82, 2.24) is 4.90 Å². The number of amidine groups is 1. The Labute approximate surface area is 146 Å². The van der Waals surface area contributed by atoms with Crippen LogP contribution in [0.4, 0.5) is 15.3 Å². The summed E-state index contributed by atoms with van der Waals surface area (Å²) in [6.07, 6.45) is 9.14. The van der Waals surface area contributed by atoms with E-state index in [2.05, 4.69) is 15.3 Å². The lowest BCUT2D eigenvalue weighted by atomic mass is 9.94. The van der Waals surface area contributed by atoms with Gasteiger partial charge in [-0.05, 0) is 24.6 Å². The molecule has 2 aliphatic rings. The summed E-state index contributed by atoms with van der Waals surface area (Å²) in [5, 5.41) is 2.73. The third kappa shape index (κ3) is 3.91. The lowest BCUT2D eigenvalue weighted by molar-refractivity contribution is 0.227. The summed E-state index contributed by atoms with van der Waals surface area (Å²) in [6, 6.07) is 8.24. The molecule has 0 saturated carbocycles. The Morgan fingerprint density at radius 3 is 2.84 bits per heavy atom. The van der Waals surface area contributed by atoms with Gasteiger partial charge in [-0.1, -0.05) is 49.8 Å². The van der Waals surface area contributed by atoms with Crippen molar-refractivity contribution in [2.45, 2.75) is 19.8 Å². The van der Waals surface area contributed by atoms with E-state index in [-0.39, 0.29) is 11.9 Å². The molecule has 25 heavy (non-hydrogen) atoms. The molecule has 0 aromatic heterocycles. The van der Waals surface area contributed by atoms with Gasteiger partial charge in [0.2, 0.25) is 0 Å². The number of anilines is 1. The van der Waals surface area contributed by atoms with Crippen molar-refractivity contribution in [2.75, 3.05) is 11.9 Å². The van der Waals surface area contributed by atoms with E-state index in [1.807, 2.05) is 43.4 Å². The molecule has 0 bridgehead atoms. The van der Waals surface area contributed by atoms with Crippen LogP contribution in [-0.4, -0.2) is 35.1 Å². The van der Waals surface area contributed by atoms with Crippen LogP contribution >= 0.6 is 0 Å². The SMILES string of the molecule is CCCCN1C(=O)N=C2C=CC=CC2/C1=N/C(=O)Nc1ccccc1. The van der Waals surface area contributed by atoms with Crippen LogP contribution in [-0.2, 0) is 0 Å². The second-order valence-electron chi connectivity index (χ2n) is 5.81. The fourth-order valence-corrected chi connectivity index (χ4v) is 2.73. The predicted molar refractivity (Wildman–Crippen MR) is 99.1 cm³/mol. The summed E-state index contributed by atoms with van der Waals surface area (Å²) in [4.78, 5) is 34.6. The Balaban J connectivity index is 1.89. The number of allylic oxidation sites excluding steroid dienone is 3. The number of carbonyl (C=O) groups is 2. The summed E-state index contributed by atoms with van der Waals surface area (Å²) in [5.41, 5.74) is 1.28. The number of nitrogens with zero attached hydrogens (tertiary/aromatic N) is 3. The summed E-state index contributed by atoms with van der Waals surface area (Å²) in [7, 11) is 0. The Morgan fingerprint density at radius 1 is 1.28 bits per heavy atom. The molecule has 0 fully saturated rings. The fourth-order valence-electron chi connectivity index (χ4n) is 2.73. The number of nitrogens with one attached hydrogen (secondary N) is 1. The summed E-state index contributed by atoms with van der Waals surface area (Å²) in [6.45, 7) is 2.54. The highest BCUT2D eigenvalue weighted by molar-refractivity contribution is 6.24. The molecule has 1 aromatic rings. The number of amides is 4. The van der Waals surface area contributed by atoms with Gasteiger partial charge in [0, 0.05) is 12.2 Å². The van der Waals surface area contributed by atoms with E-state index in [1.165, 1.54) is 4.90 Å². The summed E-state index contributed by atoms with van der Waals surface area (Å²) >= 11 is 0. The first-order chi connectivity index (χ1) is 12.2. The van der Waals surface area contributed by atoms with Crippen molar-refractivity contribution in [3.63, 3.8) is 0 Å². The standard InChI is InChI=1S/C19H20N4O2/c1-2-3-13-23-17(15-11-7-8-12-16(15)21-19(23)25)22-18(24)20-14-9-5-4-6-10-14/h4-12,15H,2-3,13H2,1H3,(H,20,24)/b22-17-. The molecule has 4 amide bonds. The number of rotatable bonds is 4. The zero-order valence-corrected chi connectivity index (χ0v) is 14.1. The number of para-hydroxylation sites is 1. The van der Waals surface area contributed by atoms with Gasteiger partial charge in [-0.25, -0.2) is 9.59 Å². The van der Waals surface area contributed by atoms with Gasteiger partial charge in [-0.2, -0.15) is 9.98 Å². The van der Waals surface area contributed by atoms with Gasteiger partial charge in [-0.3, -0.25) is 4.90 Å². The lowest BCUT2D eigenvalue weighted by Crippen LogP contribution is -2.47. The molecule has 6 nitrogen and oxygen atoms in total. The third-order valence-corrected chi connectivity index (χ3v) is 3.99. The van der Waals surface area contributed by atoms with E-state index in [0.717, 1.165) is 12.8 Å². The van der Waals surface area contributed by atoms with E-state index in [0.29, 0.717) is 23.8 Å². The molecule has 1 aromatic carbocycles. The third-order valence-electron chi connectivity index (χ3n) is 3.99. The van der Waals surface area contributed by atoms with Gasteiger partial charge in [0.25, 0.3) is 0 Å². The number of aliphatic imine (C=N–C) groups is 2. The maximum absolute atomic E-state index is 12.4. The van der Waals surface area contributed by atoms with Crippen molar-refractivity contribution in [2.24, 2.45) is 15.9 Å². The minimum atomic E-state index is -0.500. The van der Waals surface area contributed by atoms with E-state index in [9.17, 15) is 9.59 Å². The van der Waals surface area contributed by atoms with Crippen LogP contribution < -0.4 is 5.32 Å². The Kier molecular flexibility index (Phi) is 5.18.